The third kappa shape index (κ3) is 9.03. The Labute approximate surface area is 195 Å². The molecule has 0 aromatic heterocycles. The minimum atomic E-state index is -1.53. The molecule has 1 aromatic carbocycles. The number of rotatable bonds is 13. The van der Waals surface area contributed by atoms with Gasteiger partial charge in [0.25, 0.3) is 0 Å². The predicted molar refractivity (Wildman–Crippen MR) is 117 cm³/mol. The number of nitrogens with two attached hydrogens (primary N) is 1. The number of benzene rings is 1. The van der Waals surface area contributed by atoms with E-state index in [1.54, 1.807) is 13.8 Å². The first kappa shape index (κ1) is 28.3. The van der Waals surface area contributed by atoms with E-state index in [-0.39, 0.29) is 12.2 Å². The number of phenols is 1. The standard InChI is InChI=1S/C21H30N4O9/c1-10(2)17(25-18(30)13(22)8-16(28)29)20(32)24-15(9-26)19(31)23-14(21(33)34)7-11-3-5-12(27)6-4-11/h3-6,10,13-15,17,26-27H,7-9,22H2,1-2H3,(H,23,31)(H,24,32)(H,25,30)(H,28,29)(H,33,34). The number of carbonyl (C=O) groups excluding carboxylic acids is 3. The fourth-order valence-electron chi connectivity index (χ4n) is 2.87. The van der Waals surface area contributed by atoms with Crippen LogP contribution >= 0.6 is 0 Å². The van der Waals surface area contributed by atoms with Gasteiger partial charge in [-0.3, -0.25) is 19.2 Å². The van der Waals surface area contributed by atoms with Gasteiger partial charge >= 0.3 is 11.9 Å². The van der Waals surface area contributed by atoms with Crippen LogP contribution in [0.15, 0.2) is 24.3 Å². The van der Waals surface area contributed by atoms with Crippen molar-refractivity contribution in [2.24, 2.45) is 11.7 Å². The molecule has 0 spiro atoms. The summed E-state index contributed by atoms with van der Waals surface area (Å²) in [5.74, 6) is -5.89. The second-order valence-electron chi connectivity index (χ2n) is 7.95. The average molecular weight is 482 g/mol. The van der Waals surface area contributed by atoms with Crippen LogP contribution in [0, 0.1) is 5.92 Å². The monoisotopic (exact) mass is 482 g/mol. The lowest BCUT2D eigenvalue weighted by Crippen LogP contribution is -2.59. The number of aliphatic carboxylic acids is 2. The zero-order valence-corrected chi connectivity index (χ0v) is 18.7. The Balaban J connectivity index is 2.85. The SMILES string of the molecule is CC(C)C(NC(=O)C(N)CC(=O)O)C(=O)NC(CO)C(=O)NC(Cc1ccc(O)cc1)C(=O)O. The quantitative estimate of drug-likeness (QED) is 0.153. The number of nitrogens with one attached hydrogen (secondary N) is 3. The number of aromatic hydroxyl groups is 1. The molecule has 188 valence electrons. The topological polar surface area (TPSA) is 228 Å². The van der Waals surface area contributed by atoms with Gasteiger partial charge in [0.1, 0.15) is 23.9 Å². The summed E-state index contributed by atoms with van der Waals surface area (Å²) in [6.07, 6.45) is -0.781. The summed E-state index contributed by atoms with van der Waals surface area (Å²) in [7, 11) is 0. The lowest BCUT2D eigenvalue weighted by molar-refractivity contribution is -0.142. The van der Waals surface area contributed by atoms with Crippen LogP contribution in [0.3, 0.4) is 0 Å². The van der Waals surface area contributed by atoms with Crippen molar-refractivity contribution in [2.75, 3.05) is 6.61 Å². The molecular formula is C21H30N4O9. The molecule has 3 amide bonds. The molecular weight excluding hydrogens is 452 g/mol. The summed E-state index contributed by atoms with van der Waals surface area (Å²) in [5, 5.41) is 43.9. The highest BCUT2D eigenvalue weighted by Crippen LogP contribution is 2.12. The summed E-state index contributed by atoms with van der Waals surface area (Å²) in [6.45, 7) is 2.30. The van der Waals surface area contributed by atoms with E-state index in [4.69, 9.17) is 10.8 Å². The zero-order valence-electron chi connectivity index (χ0n) is 18.7. The Morgan fingerprint density at radius 3 is 1.91 bits per heavy atom. The van der Waals surface area contributed by atoms with Crippen molar-refractivity contribution < 1.29 is 44.4 Å². The van der Waals surface area contributed by atoms with Crippen molar-refractivity contribution in [3.05, 3.63) is 29.8 Å². The van der Waals surface area contributed by atoms with Crippen molar-refractivity contribution in [2.45, 2.75) is 50.9 Å². The molecule has 0 bridgehead atoms. The highest BCUT2D eigenvalue weighted by molar-refractivity contribution is 5.94. The summed E-state index contributed by atoms with van der Waals surface area (Å²) in [4.78, 5) is 59.6. The van der Waals surface area contributed by atoms with E-state index in [1.807, 2.05) is 0 Å². The van der Waals surface area contributed by atoms with Gasteiger partial charge in [-0.2, -0.15) is 0 Å². The van der Waals surface area contributed by atoms with Crippen molar-refractivity contribution >= 4 is 29.7 Å². The lowest BCUT2D eigenvalue weighted by Gasteiger charge is -2.26. The third-order valence-corrected chi connectivity index (χ3v) is 4.78. The van der Waals surface area contributed by atoms with Gasteiger partial charge in [0.15, 0.2) is 0 Å². The van der Waals surface area contributed by atoms with E-state index in [0.717, 1.165) is 0 Å². The molecule has 4 unspecified atom stereocenters. The summed E-state index contributed by atoms with van der Waals surface area (Å²) in [6, 6.07) is 0.144. The molecule has 4 atom stereocenters. The van der Waals surface area contributed by atoms with Crippen LogP contribution in [-0.2, 0) is 30.4 Å². The first-order chi connectivity index (χ1) is 15.8. The number of hydrogen-bond donors (Lipinski definition) is 8. The minimum Gasteiger partial charge on any atom is -0.508 e. The van der Waals surface area contributed by atoms with Gasteiger partial charge in [-0.1, -0.05) is 26.0 Å². The van der Waals surface area contributed by atoms with Crippen LogP contribution in [0.25, 0.3) is 0 Å². The normalized spacial score (nSPS) is 14.4. The molecule has 9 N–H and O–H groups in total. The maximum Gasteiger partial charge on any atom is 0.326 e. The number of carboxylic acids is 2. The minimum absolute atomic E-state index is 0.0153. The fourth-order valence-corrected chi connectivity index (χ4v) is 2.87. The largest absolute Gasteiger partial charge is 0.508 e. The van der Waals surface area contributed by atoms with Crippen molar-refractivity contribution in [1.82, 2.24) is 16.0 Å². The van der Waals surface area contributed by atoms with E-state index in [0.29, 0.717) is 5.56 Å². The van der Waals surface area contributed by atoms with Crippen molar-refractivity contribution in [3.63, 3.8) is 0 Å². The van der Waals surface area contributed by atoms with Crippen LogP contribution in [0.2, 0.25) is 0 Å². The molecule has 0 saturated carbocycles. The highest BCUT2D eigenvalue weighted by Gasteiger charge is 2.31. The van der Waals surface area contributed by atoms with Gasteiger partial charge in [0.05, 0.1) is 19.1 Å². The Hall–Kier alpha value is -3.71. The van der Waals surface area contributed by atoms with Crippen LogP contribution in [0.4, 0.5) is 0 Å². The Kier molecular flexibility index (Phi) is 10.9. The number of aliphatic hydroxyl groups excluding tert-OH is 1. The van der Waals surface area contributed by atoms with E-state index in [9.17, 15) is 39.3 Å². The second kappa shape index (κ2) is 13.1. The van der Waals surface area contributed by atoms with Crippen molar-refractivity contribution in [3.8, 4) is 5.75 Å². The van der Waals surface area contributed by atoms with E-state index >= 15 is 0 Å². The number of carbonyl (C=O) groups is 5. The van der Waals surface area contributed by atoms with Gasteiger partial charge in [-0.25, -0.2) is 4.79 Å². The molecule has 0 fully saturated rings. The van der Waals surface area contributed by atoms with Crippen molar-refractivity contribution in [1.29, 1.82) is 0 Å². The summed E-state index contributed by atoms with van der Waals surface area (Å²) >= 11 is 0. The Morgan fingerprint density at radius 2 is 1.44 bits per heavy atom. The van der Waals surface area contributed by atoms with Gasteiger partial charge in [-0.15, -0.1) is 0 Å². The Morgan fingerprint density at radius 1 is 0.882 bits per heavy atom. The second-order valence-corrected chi connectivity index (χ2v) is 7.95. The molecule has 13 heteroatoms. The zero-order chi connectivity index (χ0) is 26.0. The molecule has 0 aliphatic carbocycles. The molecule has 1 rings (SSSR count). The van der Waals surface area contributed by atoms with E-state index < -0.39 is 72.8 Å². The average Bonchev–Trinajstić information content (AvgIpc) is 2.75. The fraction of sp³-hybridized carbons (Fsp3) is 0.476. The first-order valence-corrected chi connectivity index (χ1v) is 10.4. The molecule has 1 aromatic rings. The lowest BCUT2D eigenvalue weighted by atomic mass is 10.0. The van der Waals surface area contributed by atoms with Crippen LogP contribution in [0.1, 0.15) is 25.8 Å². The number of amides is 3. The van der Waals surface area contributed by atoms with Gasteiger partial charge in [0.2, 0.25) is 17.7 Å². The number of hydrogen-bond acceptors (Lipinski definition) is 8. The van der Waals surface area contributed by atoms with Gasteiger partial charge in [0, 0.05) is 6.42 Å². The first-order valence-electron chi connectivity index (χ1n) is 10.4. The molecule has 0 aliphatic rings. The number of phenolic OH excluding ortho intramolecular Hbond substituents is 1. The molecule has 0 saturated heterocycles. The number of aliphatic hydroxyl groups is 1. The van der Waals surface area contributed by atoms with E-state index in [1.165, 1.54) is 24.3 Å². The Bertz CT molecular complexity index is 889. The molecule has 13 nitrogen and oxygen atoms in total. The molecule has 34 heavy (non-hydrogen) atoms. The predicted octanol–water partition coefficient (Wildman–Crippen LogP) is -2.08. The smallest absolute Gasteiger partial charge is 0.326 e. The highest BCUT2D eigenvalue weighted by atomic mass is 16.4. The molecule has 0 aliphatic heterocycles. The van der Waals surface area contributed by atoms with Crippen LogP contribution < -0.4 is 21.7 Å². The van der Waals surface area contributed by atoms with Crippen LogP contribution in [0.5, 0.6) is 5.75 Å². The third-order valence-electron chi connectivity index (χ3n) is 4.78. The van der Waals surface area contributed by atoms with E-state index in [2.05, 4.69) is 16.0 Å². The molecule has 0 radical (unpaired) electrons. The van der Waals surface area contributed by atoms with Crippen LogP contribution in [-0.4, -0.2) is 80.9 Å². The molecule has 0 heterocycles. The maximum absolute atomic E-state index is 12.7. The maximum atomic E-state index is 12.7. The summed E-state index contributed by atoms with van der Waals surface area (Å²) in [5.41, 5.74) is 6.01. The van der Waals surface area contributed by atoms with Gasteiger partial charge < -0.3 is 42.1 Å². The summed E-state index contributed by atoms with van der Waals surface area (Å²) < 4.78 is 0. The number of carboxylic acid groups (broad SMARTS) is 2. The van der Waals surface area contributed by atoms with Gasteiger partial charge in [-0.05, 0) is 23.6 Å².